The summed E-state index contributed by atoms with van der Waals surface area (Å²) in [6.45, 7) is 1.47. The number of carbonyl (C=O) groups is 2. The van der Waals surface area contributed by atoms with Crippen molar-refractivity contribution in [1.82, 2.24) is 10.2 Å². The Morgan fingerprint density at radius 2 is 1.52 bits per heavy atom. The molecule has 1 aliphatic heterocycles. The summed E-state index contributed by atoms with van der Waals surface area (Å²) in [6, 6.07) is 16.6. The molecular weight excluding hydrogens is 404 g/mol. The lowest BCUT2D eigenvalue weighted by molar-refractivity contribution is -0.127. The van der Waals surface area contributed by atoms with Gasteiger partial charge in [-0.15, -0.1) is 0 Å². The summed E-state index contributed by atoms with van der Waals surface area (Å²) in [4.78, 5) is 27.6. The molecule has 5 heteroatoms. The van der Waals surface area contributed by atoms with E-state index in [0.29, 0.717) is 11.3 Å². The second kappa shape index (κ2) is 9.51. The van der Waals surface area contributed by atoms with Crippen molar-refractivity contribution >= 4 is 33.8 Å². The summed E-state index contributed by atoms with van der Waals surface area (Å²) < 4.78 is 0.966. The molecule has 0 aromatic heterocycles. The number of hydrogen-bond acceptors (Lipinski definition) is 2. The largest absolute Gasteiger partial charge is 0.337 e. The molecule has 1 saturated heterocycles. The fraction of sp³-hybridized carbons (Fsp3) is 0.273. The molecule has 2 aromatic rings. The highest BCUT2D eigenvalue weighted by atomic mass is 79.9. The number of rotatable bonds is 4. The SMILES string of the molecule is O=C(N/C(=C\c1ccc(Br)cc1)C(=O)N1CCCCCC1)c1ccccc1. The van der Waals surface area contributed by atoms with Crippen molar-refractivity contribution in [2.45, 2.75) is 25.7 Å². The number of amides is 2. The van der Waals surface area contributed by atoms with E-state index in [1.54, 1.807) is 18.2 Å². The summed E-state index contributed by atoms with van der Waals surface area (Å²) in [6.07, 6.45) is 6.05. The van der Waals surface area contributed by atoms with Crippen molar-refractivity contribution in [1.29, 1.82) is 0 Å². The smallest absolute Gasteiger partial charge is 0.270 e. The standard InChI is InChI=1S/C22H23BrN2O2/c23-19-12-10-17(11-13-19)16-20(22(27)25-14-6-1-2-7-15-25)24-21(26)18-8-4-3-5-9-18/h3-5,8-13,16H,1-2,6-7,14-15H2,(H,24,26)/b20-16-. The van der Waals surface area contributed by atoms with E-state index in [1.807, 2.05) is 47.4 Å². The van der Waals surface area contributed by atoms with Crippen LogP contribution in [0.15, 0.2) is 64.8 Å². The molecule has 0 unspecified atom stereocenters. The van der Waals surface area contributed by atoms with Crippen LogP contribution < -0.4 is 5.32 Å². The number of nitrogens with one attached hydrogen (secondary N) is 1. The molecule has 0 spiro atoms. The third kappa shape index (κ3) is 5.54. The fourth-order valence-corrected chi connectivity index (χ4v) is 3.37. The number of carbonyl (C=O) groups excluding carboxylic acids is 2. The number of nitrogens with zero attached hydrogens (tertiary/aromatic N) is 1. The van der Waals surface area contributed by atoms with Gasteiger partial charge < -0.3 is 10.2 Å². The first-order chi connectivity index (χ1) is 13.1. The van der Waals surface area contributed by atoms with Crippen molar-refractivity contribution < 1.29 is 9.59 Å². The van der Waals surface area contributed by atoms with Gasteiger partial charge >= 0.3 is 0 Å². The Morgan fingerprint density at radius 3 is 2.15 bits per heavy atom. The lowest BCUT2D eigenvalue weighted by atomic mass is 10.1. The molecule has 1 fully saturated rings. The highest BCUT2D eigenvalue weighted by molar-refractivity contribution is 9.10. The summed E-state index contributed by atoms with van der Waals surface area (Å²) in [5, 5.41) is 2.83. The summed E-state index contributed by atoms with van der Waals surface area (Å²) in [5.41, 5.74) is 1.71. The molecule has 140 valence electrons. The van der Waals surface area contributed by atoms with Crippen LogP contribution in [-0.2, 0) is 4.79 Å². The maximum absolute atomic E-state index is 13.1. The van der Waals surface area contributed by atoms with Gasteiger partial charge in [0.2, 0.25) is 0 Å². The molecule has 0 aliphatic carbocycles. The Bertz CT molecular complexity index is 808. The van der Waals surface area contributed by atoms with Crippen molar-refractivity contribution in [2.75, 3.05) is 13.1 Å². The fourth-order valence-electron chi connectivity index (χ4n) is 3.11. The Hall–Kier alpha value is -2.40. The van der Waals surface area contributed by atoms with Gasteiger partial charge in [-0.1, -0.05) is 59.1 Å². The number of halogens is 1. The molecule has 0 radical (unpaired) electrons. The lowest BCUT2D eigenvalue weighted by Gasteiger charge is -2.22. The second-order valence-electron chi connectivity index (χ2n) is 6.64. The van der Waals surface area contributed by atoms with Gasteiger partial charge in [0.25, 0.3) is 11.8 Å². The van der Waals surface area contributed by atoms with Crippen molar-refractivity contribution in [3.8, 4) is 0 Å². The van der Waals surface area contributed by atoms with Crippen molar-refractivity contribution in [3.63, 3.8) is 0 Å². The average Bonchev–Trinajstić information content (AvgIpc) is 2.98. The Labute approximate surface area is 168 Å². The van der Waals surface area contributed by atoms with E-state index in [9.17, 15) is 9.59 Å². The van der Waals surface area contributed by atoms with Gasteiger partial charge in [0.05, 0.1) is 0 Å². The average molecular weight is 427 g/mol. The highest BCUT2D eigenvalue weighted by Crippen LogP contribution is 2.16. The van der Waals surface area contributed by atoms with Crippen LogP contribution in [0, 0.1) is 0 Å². The van der Waals surface area contributed by atoms with Crippen molar-refractivity contribution in [2.24, 2.45) is 0 Å². The van der Waals surface area contributed by atoms with E-state index in [2.05, 4.69) is 21.2 Å². The van der Waals surface area contributed by atoms with Gasteiger partial charge in [0, 0.05) is 23.1 Å². The molecule has 1 heterocycles. The summed E-state index contributed by atoms with van der Waals surface area (Å²) >= 11 is 3.42. The van der Waals surface area contributed by atoms with E-state index in [-0.39, 0.29) is 11.8 Å². The van der Waals surface area contributed by atoms with Gasteiger partial charge in [-0.05, 0) is 48.7 Å². The molecule has 1 aliphatic rings. The van der Waals surface area contributed by atoms with Crippen LogP contribution in [0.1, 0.15) is 41.6 Å². The summed E-state index contributed by atoms with van der Waals surface area (Å²) in [5.74, 6) is -0.397. The van der Waals surface area contributed by atoms with Gasteiger partial charge in [-0.25, -0.2) is 0 Å². The number of hydrogen-bond donors (Lipinski definition) is 1. The molecule has 0 saturated carbocycles. The van der Waals surface area contributed by atoms with E-state index < -0.39 is 0 Å². The van der Waals surface area contributed by atoms with Crippen LogP contribution in [0.2, 0.25) is 0 Å². The molecular formula is C22H23BrN2O2. The van der Waals surface area contributed by atoms with Crippen LogP contribution in [0.4, 0.5) is 0 Å². The van der Waals surface area contributed by atoms with Crippen molar-refractivity contribution in [3.05, 3.63) is 75.9 Å². The number of likely N-dealkylation sites (tertiary alicyclic amines) is 1. The molecule has 1 N–H and O–H groups in total. The number of benzene rings is 2. The minimum absolute atomic E-state index is 0.121. The minimum atomic E-state index is -0.276. The molecule has 27 heavy (non-hydrogen) atoms. The van der Waals surface area contributed by atoms with E-state index in [0.717, 1.165) is 48.8 Å². The first kappa shape index (κ1) is 19.4. The molecule has 0 bridgehead atoms. The van der Waals surface area contributed by atoms with E-state index >= 15 is 0 Å². The van der Waals surface area contributed by atoms with E-state index in [1.165, 1.54) is 0 Å². The highest BCUT2D eigenvalue weighted by Gasteiger charge is 2.21. The Balaban J connectivity index is 1.86. The first-order valence-electron chi connectivity index (χ1n) is 9.26. The zero-order valence-corrected chi connectivity index (χ0v) is 16.7. The van der Waals surface area contributed by atoms with Crippen LogP contribution >= 0.6 is 15.9 Å². The normalized spacial score (nSPS) is 15.1. The monoisotopic (exact) mass is 426 g/mol. The Morgan fingerprint density at radius 1 is 0.889 bits per heavy atom. The first-order valence-corrected chi connectivity index (χ1v) is 10.1. The minimum Gasteiger partial charge on any atom is -0.337 e. The predicted molar refractivity (Wildman–Crippen MR) is 111 cm³/mol. The van der Waals surface area contributed by atoms with Crippen LogP contribution in [0.25, 0.3) is 6.08 Å². The maximum Gasteiger partial charge on any atom is 0.270 e. The molecule has 2 aromatic carbocycles. The molecule has 3 rings (SSSR count). The zero-order valence-electron chi connectivity index (χ0n) is 15.2. The quantitative estimate of drug-likeness (QED) is 0.724. The van der Waals surface area contributed by atoms with Crippen LogP contribution in [-0.4, -0.2) is 29.8 Å². The van der Waals surface area contributed by atoms with Gasteiger partial charge in [-0.2, -0.15) is 0 Å². The predicted octanol–water partition coefficient (Wildman–Crippen LogP) is 4.62. The Kier molecular flexibility index (Phi) is 6.82. The topological polar surface area (TPSA) is 49.4 Å². The van der Waals surface area contributed by atoms with Crippen LogP contribution in [0.5, 0.6) is 0 Å². The van der Waals surface area contributed by atoms with Gasteiger partial charge in [0.1, 0.15) is 5.70 Å². The third-order valence-corrected chi connectivity index (χ3v) is 5.12. The third-order valence-electron chi connectivity index (χ3n) is 4.59. The lowest BCUT2D eigenvalue weighted by Crippen LogP contribution is -2.39. The van der Waals surface area contributed by atoms with Gasteiger partial charge in [-0.3, -0.25) is 9.59 Å². The summed E-state index contributed by atoms with van der Waals surface area (Å²) in [7, 11) is 0. The van der Waals surface area contributed by atoms with E-state index in [4.69, 9.17) is 0 Å². The van der Waals surface area contributed by atoms with Gasteiger partial charge in [0.15, 0.2) is 0 Å². The zero-order chi connectivity index (χ0) is 19.1. The molecule has 2 amide bonds. The second-order valence-corrected chi connectivity index (χ2v) is 7.55. The maximum atomic E-state index is 13.1. The van der Waals surface area contributed by atoms with Crippen LogP contribution in [0.3, 0.4) is 0 Å². The molecule has 4 nitrogen and oxygen atoms in total. The molecule has 0 atom stereocenters.